The largest absolute Gasteiger partial charge is 1.00 e. The van der Waals surface area contributed by atoms with Crippen LogP contribution in [0.4, 0.5) is 0 Å². The lowest BCUT2D eigenvalue weighted by Gasteiger charge is -2.55. The van der Waals surface area contributed by atoms with E-state index in [0.717, 1.165) is 41.7 Å². The van der Waals surface area contributed by atoms with Gasteiger partial charge in [0, 0.05) is 18.8 Å². The molecule has 3 aliphatic rings. The Balaban J connectivity index is 0.00000133. The Morgan fingerprint density at radius 3 is 2.26 bits per heavy atom. The van der Waals surface area contributed by atoms with Crippen LogP contribution in [0.15, 0.2) is 36.5 Å². The van der Waals surface area contributed by atoms with Crippen LogP contribution in [0, 0.1) is 12.8 Å². The molecule has 19 heavy (non-hydrogen) atoms. The van der Waals surface area contributed by atoms with Gasteiger partial charge in [0.2, 0.25) is 0 Å². The molecule has 0 saturated carbocycles. The summed E-state index contributed by atoms with van der Waals surface area (Å²) in [5.41, 5.74) is 2.41. The number of nitrogens with zero attached hydrogens (tertiary/aromatic N) is 1. The summed E-state index contributed by atoms with van der Waals surface area (Å²) in [6.45, 7) is 8.56. The molecule has 3 fully saturated rings. The third kappa shape index (κ3) is 2.06. The molecule has 0 radical (unpaired) electrons. The Morgan fingerprint density at radius 1 is 1.21 bits per heavy atom. The monoisotopic (exact) mass is 371 g/mol. The van der Waals surface area contributed by atoms with Gasteiger partial charge in [-0.15, -0.1) is 0 Å². The maximum atomic E-state index is 11.2. The average Bonchev–Trinajstić information content (AvgIpc) is 2.37. The van der Waals surface area contributed by atoms with E-state index in [4.69, 9.17) is 0 Å². The van der Waals surface area contributed by atoms with Gasteiger partial charge in [-0.05, 0) is 19.1 Å². The Bertz CT molecular complexity index is 488. The third-order valence-corrected chi connectivity index (χ3v) is 5.12. The molecule has 3 heteroatoms. The first-order valence-corrected chi connectivity index (χ1v) is 6.81. The molecule has 3 saturated heterocycles. The quantitative estimate of drug-likeness (QED) is 0.525. The lowest BCUT2D eigenvalue weighted by atomic mass is 9.68. The van der Waals surface area contributed by atoms with Crippen molar-refractivity contribution in [1.29, 1.82) is 0 Å². The Hall–Kier alpha value is -0.390. The second kappa shape index (κ2) is 4.86. The summed E-state index contributed by atoms with van der Waals surface area (Å²) in [5, 5.41) is 11.2. The van der Waals surface area contributed by atoms with E-state index in [9.17, 15) is 5.11 Å². The number of benzene rings is 1. The zero-order valence-corrected chi connectivity index (χ0v) is 13.9. The molecule has 3 aliphatic heterocycles. The summed E-state index contributed by atoms with van der Waals surface area (Å²) in [7, 11) is 2.21. The Morgan fingerprint density at radius 2 is 1.74 bits per heavy atom. The molecule has 1 aromatic rings. The number of hydrogen-bond donors (Lipinski definition) is 1. The van der Waals surface area contributed by atoms with Gasteiger partial charge >= 0.3 is 0 Å². The molecule has 1 N–H and O–H groups in total. The van der Waals surface area contributed by atoms with E-state index < -0.39 is 5.60 Å². The van der Waals surface area contributed by atoms with Crippen LogP contribution in [-0.2, 0) is 5.60 Å². The van der Waals surface area contributed by atoms with Gasteiger partial charge in [-0.2, -0.15) is 0 Å². The number of rotatable bonds is 1. The molecular formula is C16H22INO. The van der Waals surface area contributed by atoms with Gasteiger partial charge in [0.15, 0.2) is 5.60 Å². The summed E-state index contributed by atoms with van der Waals surface area (Å²) < 4.78 is 0.834. The van der Waals surface area contributed by atoms with E-state index in [1.807, 2.05) is 0 Å². The second-order valence-electron chi connectivity index (χ2n) is 6.20. The number of piperidine rings is 3. The maximum absolute atomic E-state index is 11.2. The van der Waals surface area contributed by atoms with Crippen LogP contribution in [0.25, 0.3) is 0 Å². The fourth-order valence-electron chi connectivity index (χ4n) is 3.68. The fourth-order valence-corrected chi connectivity index (χ4v) is 3.68. The van der Waals surface area contributed by atoms with Crippen molar-refractivity contribution < 1.29 is 33.6 Å². The molecule has 0 aliphatic carbocycles. The van der Waals surface area contributed by atoms with Crippen LogP contribution in [0.3, 0.4) is 0 Å². The molecule has 3 heterocycles. The van der Waals surface area contributed by atoms with Gasteiger partial charge in [0.25, 0.3) is 0 Å². The number of quaternary nitrogens is 1. The number of aliphatic hydroxyl groups is 1. The highest BCUT2D eigenvalue weighted by atomic mass is 127. The first-order valence-electron chi connectivity index (χ1n) is 6.81. The third-order valence-electron chi connectivity index (χ3n) is 5.12. The van der Waals surface area contributed by atoms with E-state index in [2.05, 4.69) is 44.8 Å². The van der Waals surface area contributed by atoms with Crippen LogP contribution in [0.5, 0.6) is 0 Å². The van der Waals surface area contributed by atoms with Crippen LogP contribution in [0.2, 0.25) is 0 Å². The molecule has 104 valence electrons. The van der Waals surface area contributed by atoms with Crippen molar-refractivity contribution in [2.24, 2.45) is 5.92 Å². The number of hydrogen-bond acceptors (Lipinski definition) is 1. The number of aryl methyl sites for hydroxylation is 1. The van der Waals surface area contributed by atoms with Gasteiger partial charge < -0.3 is 29.1 Å². The van der Waals surface area contributed by atoms with E-state index >= 15 is 0 Å². The molecule has 2 nitrogen and oxygen atoms in total. The van der Waals surface area contributed by atoms with Crippen LogP contribution in [-0.4, -0.2) is 29.7 Å². The first-order chi connectivity index (χ1) is 8.47. The summed E-state index contributed by atoms with van der Waals surface area (Å²) >= 11 is 0. The standard InChI is InChI=1S/C16H22NO.HI/c1-12-4-6-14(7-5-12)16(18)13(2)17(3)10-8-15(16)9-11-17;/h4-7,15,18H,2,8-11H2,1,3H3;1H/q+1;/p-1. The van der Waals surface area contributed by atoms with Crippen molar-refractivity contribution in [3.8, 4) is 0 Å². The van der Waals surface area contributed by atoms with Gasteiger partial charge in [-0.25, -0.2) is 0 Å². The van der Waals surface area contributed by atoms with E-state index in [1.165, 1.54) is 5.56 Å². The van der Waals surface area contributed by atoms with E-state index in [1.54, 1.807) is 0 Å². The molecule has 2 bridgehead atoms. The normalized spacial score (nSPS) is 37.0. The molecule has 1 unspecified atom stereocenters. The van der Waals surface area contributed by atoms with Gasteiger partial charge in [-0.3, -0.25) is 4.48 Å². The molecular weight excluding hydrogens is 349 g/mol. The summed E-state index contributed by atoms with van der Waals surface area (Å²) in [5.74, 6) is 0.340. The highest BCUT2D eigenvalue weighted by Gasteiger charge is 2.57. The van der Waals surface area contributed by atoms with Crippen LogP contribution >= 0.6 is 0 Å². The van der Waals surface area contributed by atoms with Crippen LogP contribution in [0.1, 0.15) is 24.0 Å². The van der Waals surface area contributed by atoms with Crippen molar-refractivity contribution in [3.63, 3.8) is 0 Å². The number of fused-ring (bicyclic) bond motifs is 3. The summed E-state index contributed by atoms with van der Waals surface area (Å²) in [6.07, 6.45) is 2.19. The van der Waals surface area contributed by atoms with Gasteiger partial charge in [-0.1, -0.05) is 29.8 Å². The van der Waals surface area contributed by atoms with Gasteiger partial charge in [0.05, 0.1) is 20.1 Å². The average molecular weight is 371 g/mol. The molecule has 0 aromatic heterocycles. The van der Waals surface area contributed by atoms with Gasteiger partial charge in [0.1, 0.15) is 5.70 Å². The SMILES string of the molecule is C=C1C(O)(c2ccc(C)cc2)C2CC[N+]1(C)CC2.[I-]. The fraction of sp³-hybridized carbons (Fsp3) is 0.500. The minimum absolute atomic E-state index is 0. The van der Waals surface area contributed by atoms with Crippen LogP contribution < -0.4 is 24.0 Å². The predicted octanol–water partition coefficient (Wildman–Crippen LogP) is -0.429. The molecule has 0 amide bonds. The Kier molecular flexibility index (Phi) is 3.84. The topological polar surface area (TPSA) is 20.2 Å². The van der Waals surface area contributed by atoms with Crippen molar-refractivity contribution in [2.45, 2.75) is 25.4 Å². The van der Waals surface area contributed by atoms with Crippen molar-refractivity contribution >= 4 is 0 Å². The van der Waals surface area contributed by atoms with E-state index in [-0.39, 0.29) is 24.0 Å². The highest BCUT2D eigenvalue weighted by Crippen LogP contribution is 2.51. The van der Waals surface area contributed by atoms with E-state index in [0.29, 0.717) is 5.92 Å². The Labute approximate surface area is 132 Å². The van der Waals surface area contributed by atoms with Crippen molar-refractivity contribution in [1.82, 2.24) is 0 Å². The maximum Gasteiger partial charge on any atom is 0.166 e. The lowest BCUT2D eigenvalue weighted by molar-refractivity contribution is -0.896. The number of likely N-dealkylation sites (N-methyl/N-ethyl adjacent to an activating group) is 1. The zero-order chi connectivity index (χ0) is 13.0. The first kappa shape index (κ1) is 15.0. The summed E-state index contributed by atoms with van der Waals surface area (Å²) in [4.78, 5) is 0. The second-order valence-corrected chi connectivity index (χ2v) is 6.20. The van der Waals surface area contributed by atoms with Crippen molar-refractivity contribution in [3.05, 3.63) is 47.7 Å². The molecule has 4 rings (SSSR count). The minimum atomic E-state index is -0.820. The molecule has 1 atom stereocenters. The smallest absolute Gasteiger partial charge is 0.166 e. The minimum Gasteiger partial charge on any atom is -1.00 e. The molecule has 1 aromatic carbocycles. The lowest BCUT2D eigenvalue weighted by Crippen LogP contribution is -3.00. The summed E-state index contributed by atoms with van der Waals surface area (Å²) in [6, 6.07) is 8.29. The number of halogens is 1. The molecule has 0 spiro atoms. The predicted molar refractivity (Wildman–Crippen MR) is 72.9 cm³/mol. The van der Waals surface area contributed by atoms with Crippen molar-refractivity contribution in [2.75, 3.05) is 20.1 Å². The highest BCUT2D eigenvalue weighted by molar-refractivity contribution is 5.34. The zero-order valence-electron chi connectivity index (χ0n) is 11.7.